The second-order valence-corrected chi connectivity index (χ2v) is 12.8. The average molecular weight is 655 g/mol. The van der Waals surface area contributed by atoms with Crippen LogP contribution in [0.2, 0.25) is 0 Å². The molecule has 0 saturated heterocycles. The van der Waals surface area contributed by atoms with Crippen molar-refractivity contribution in [1.82, 2.24) is 25.5 Å². The minimum atomic E-state index is -1.29. The Kier molecular flexibility index (Phi) is 15.9. The molecule has 1 aromatic heterocycles. The highest BCUT2D eigenvalue weighted by atomic mass is 16.4. The van der Waals surface area contributed by atoms with Gasteiger partial charge in [-0.2, -0.15) is 0 Å². The van der Waals surface area contributed by atoms with Crippen molar-refractivity contribution < 1.29 is 29.4 Å². The number of aliphatic carboxylic acids is 1. The van der Waals surface area contributed by atoms with Gasteiger partial charge in [0.1, 0.15) is 23.9 Å². The van der Waals surface area contributed by atoms with Gasteiger partial charge in [-0.15, -0.1) is 0 Å². The van der Waals surface area contributed by atoms with Crippen molar-refractivity contribution in [1.29, 1.82) is 0 Å². The van der Waals surface area contributed by atoms with Gasteiger partial charge >= 0.3 is 5.97 Å². The third-order valence-corrected chi connectivity index (χ3v) is 9.21. The van der Waals surface area contributed by atoms with Crippen molar-refractivity contribution in [2.24, 2.45) is 11.7 Å². The molecule has 4 unspecified atom stereocenters. The molecule has 0 radical (unpaired) electrons. The van der Waals surface area contributed by atoms with E-state index in [1.54, 1.807) is 13.1 Å². The van der Waals surface area contributed by atoms with Gasteiger partial charge in [-0.25, -0.2) is 9.78 Å². The van der Waals surface area contributed by atoms with Gasteiger partial charge in [-0.1, -0.05) is 56.4 Å². The molecule has 1 saturated carbocycles. The van der Waals surface area contributed by atoms with Gasteiger partial charge in [0.25, 0.3) is 0 Å². The van der Waals surface area contributed by atoms with Crippen LogP contribution in [0.25, 0.3) is 0 Å². The van der Waals surface area contributed by atoms with Crippen LogP contribution in [-0.2, 0) is 32.1 Å². The highest BCUT2D eigenvalue weighted by molar-refractivity contribution is 5.94. The number of hydrogen-bond acceptors (Lipinski definition) is 7. The van der Waals surface area contributed by atoms with Gasteiger partial charge in [0, 0.05) is 18.9 Å². The molecule has 0 aliphatic heterocycles. The largest absolute Gasteiger partial charge is 0.480 e. The Morgan fingerprint density at radius 3 is 2.19 bits per heavy atom. The third kappa shape index (κ3) is 12.4. The number of carboxylic acid groups (broad SMARTS) is 1. The molecule has 4 atom stereocenters. The number of imidazole rings is 1. The van der Waals surface area contributed by atoms with E-state index in [2.05, 4.69) is 25.5 Å². The summed E-state index contributed by atoms with van der Waals surface area (Å²) in [7, 11) is 0. The van der Waals surface area contributed by atoms with E-state index < -0.39 is 54.3 Å². The number of nitrogens with zero attached hydrogens (tertiary/aromatic N) is 2. The molecule has 260 valence electrons. The summed E-state index contributed by atoms with van der Waals surface area (Å²) in [6.07, 6.45) is 13.6. The molecule has 1 aliphatic carbocycles. The van der Waals surface area contributed by atoms with Crippen molar-refractivity contribution in [2.45, 2.75) is 121 Å². The first kappa shape index (κ1) is 37.7. The SMILES string of the molecule is Cc1nccn1CCCCc1ccc(C(C)C(=O)NC(CO)C(=O)NC(CCCCN)C(=O)NC(CC2CCCCC2)C(=O)O)cc1. The standard InChI is InChI=1S/C35H54N6O6/c1-24(28-16-14-26(15-17-28)10-7-9-20-41-21-19-37-25(41)2)32(43)40-31(23-42)34(45)38-29(13-6-8-18-36)33(44)39-30(35(46)47)22-27-11-4-3-5-12-27/h14-17,19,21,24,27,29-31,42H,3-13,18,20,22-23,36H2,1-2H3,(H,38,45)(H,39,44)(H,40,43)(H,46,47). The number of carbonyl (C=O) groups excluding carboxylic acids is 3. The van der Waals surface area contributed by atoms with Gasteiger partial charge in [0.15, 0.2) is 0 Å². The summed E-state index contributed by atoms with van der Waals surface area (Å²) in [5, 5.41) is 27.7. The molecule has 2 aromatic rings. The maximum Gasteiger partial charge on any atom is 0.326 e. The monoisotopic (exact) mass is 654 g/mol. The van der Waals surface area contributed by atoms with Crippen LogP contribution in [0.4, 0.5) is 0 Å². The average Bonchev–Trinajstić information content (AvgIpc) is 3.49. The van der Waals surface area contributed by atoms with E-state index in [9.17, 15) is 29.4 Å². The van der Waals surface area contributed by atoms with Crippen LogP contribution in [0.1, 0.15) is 100 Å². The normalized spacial score (nSPS) is 16.1. The molecule has 47 heavy (non-hydrogen) atoms. The van der Waals surface area contributed by atoms with Gasteiger partial charge in [0.05, 0.1) is 12.5 Å². The topological polar surface area (TPSA) is 189 Å². The predicted octanol–water partition coefficient (Wildman–Crippen LogP) is 2.95. The number of nitrogens with two attached hydrogens (primary N) is 1. The predicted molar refractivity (Wildman–Crippen MR) is 179 cm³/mol. The maximum absolute atomic E-state index is 13.3. The number of amides is 3. The molecule has 0 bridgehead atoms. The molecule has 12 heteroatoms. The van der Waals surface area contributed by atoms with E-state index >= 15 is 0 Å². The van der Waals surface area contributed by atoms with Crippen LogP contribution in [0.15, 0.2) is 36.7 Å². The van der Waals surface area contributed by atoms with Crippen LogP contribution in [-0.4, -0.2) is 74.7 Å². The first-order valence-electron chi connectivity index (χ1n) is 17.1. The van der Waals surface area contributed by atoms with Crippen LogP contribution >= 0.6 is 0 Å². The molecule has 1 fully saturated rings. The second kappa shape index (κ2) is 19.8. The Balaban J connectivity index is 1.54. The highest BCUT2D eigenvalue weighted by Crippen LogP contribution is 2.27. The molecule has 1 aromatic carbocycles. The summed E-state index contributed by atoms with van der Waals surface area (Å²) < 4.78 is 2.13. The number of nitrogens with one attached hydrogen (secondary N) is 3. The first-order valence-corrected chi connectivity index (χ1v) is 17.1. The fourth-order valence-electron chi connectivity index (χ4n) is 6.15. The minimum absolute atomic E-state index is 0.227. The van der Waals surface area contributed by atoms with Crippen LogP contribution in [0.3, 0.4) is 0 Å². The van der Waals surface area contributed by atoms with Gasteiger partial charge in [-0.3, -0.25) is 14.4 Å². The molecule has 1 heterocycles. The van der Waals surface area contributed by atoms with E-state index in [0.717, 1.165) is 69.3 Å². The van der Waals surface area contributed by atoms with E-state index in [0.29, 0.717) is 25.8 Å². The minimum Gasteiger partial charge on any atom is -0.480 e. The Morgan fingerprint density at radius 2 is 1.57 bits per heavy atom. The Labute approximate surface area is 278 Å². The number of carboxylic acids is 1. The zero-order valence-corrected chi connectivity index (χ0v) is 28.0. The van der Waals surface area contributed by atoms with Gasteiger partial charge in [0.2, 0.25) is 17.7 Å². The number of carbonyl (C=O) groups is 4. The molecule has 3 rings (SSSR count). The zero-order chi connectivity index (χ0) is 34.2. The van der Waals surface area contributed by atoms with Crippen LogP contribution in [0.5, 0.6) is 0 Å². The maximum atomic E-state index is 13.3. The van der Waals surface area contributed by atoms with Crippen molar-refractivity contribution >= 4 is 23.7 Å². The van der Waals surface area contributed by atoms with Crippen molar-refractivity contribution in [2.75, 3.05) is 13.2 Å². The second-order valence-electron chi connectivity index (χ2n) is 12.8. The Bertz CT molecular complexity index is 1280. The lowest BCUT2D eigenvalue weighted by atomic mass is 9.84. The summed E-state index contributed by atoms with van der Waals surface area (Å²) in [4.78, 5) is 55.8. The summed E-state index contributed by atoms with van der Waals surface area (Å²) in [5.41, 5.74) is 7.56. The number of aliphatic hydroxyl groups is 1. The van der Waals surface area contributed by atoms with Crippen LogP contribution in [0, 0.1) is 12.8 Å². The number of benzene rings is 1. The number of rotatable bonds is 20. The molecule has 3 amide bonds. The number of hydrogen-bond donors (Lipinski definition) is 6. The number of aromatic nitrogens is 2. The summed E-state index contributed by atoms with van der Waals surface area (Å²) >= 11 is 0. The fraction of sp³-hybridized carbons (Fsp3) is 0.629. The number of aryl methyl sites for hydroxylation is 3. The molecular formula is C35H54N6O6. The van der Waals surface area contributed by atoms with E-state index in [-0.39, 0.29) is 12.3 Å². The Hall–Kier alpha value is -3.77. The van der Waals surface area contributed by atoms with Crippen LogP contribution < -0.4 is 21.7 Å². The molecule has 1 aliphatic rings. The highest BCUT2D eigenvalue weighted by Gasteiger charge is 2.31. The van der Waals surface area contributed by atoms with Crippen molar-refractivity contribution in [3.8, 4) is 0 Å². The molecule has 7 N–H and O–H groups in total. The first-order chi connectivity index (χ1) is 22.6. The number of aliphatic hydroxyl groups excluding tert-OH is 1. The van der Waals surface area contributed by atoms with Crippen molar-refractivity contribution in [3.05, 3.63) is 53.6 Å². The fourth-order valence-corrected chi connectivity index (χ4v) is 6.15. The lowest BCUT2D eigenvalue weighted by Gasteiger charge is -2.27. The zero-order valence-electron chi connectivity index (χ0n) is 28.0. The Morgan fingerprint density at radius 1 is 0.915 bits per heavy atom. The lowest BCUT2D eigenvalue weighted by Crippen LogP contribution is -2.57. The van der Waals surface area contributed by atoms with E-state index in [1.807, 2.05) is 37.4 Å². The summed E-state index contributed by atoms with van der Waals surface area (Å²) in [6, 6.07) is 4.41. The quantitative estimate of drug-likeness (QED) is 0.118. The summed E-state index contributed by atoms with van der Waals surface area (Å²) in [6.45, 7) is 4.37. The van der Waals surface area contributed by atoms with E-state index in [1.165, 1.54) is 5.56 Å². The molecule has 0 spiro atoms. The smallest absolute Gasteiger partial charge is 0.326 e. The van der Waals surface area contributed by atoms with Gasteiger partial charge < -0.3 is 36.5 Å². The third-order valence-electron chi connectivity index (χ3n) is 9.21. The van der Waals surface area contributed by atoms with E-state index in [4.69, 9.17) is 5.73 Å². The lowest BCUT2D eigenvalue weighted by molar-refractivity contribution is -0.143. The van der Waals surface area contributed by atoms with Gasteiger partial charge in [-0.05, 0) is 82.4 Å². The molecular weight excluding hydrogens is 600 g/mol. The molecule has 12 nitrogen and oxygen atoms in total. The number of unbranched alkanes of at least 4 members (excludes halogenated alkanes) is 2. The van der Waals surface area contributed by atoms with Crippen molar-refractivity contribution in [3.63, 3.8) is 0 Å². The summed E-state index contributed by atoms with van der Waals surface area (Å²) in [5.74, 6) is -2.23.